The molecular formula is C13H16BrF2NO2. The van der Waals surface area contributed by atoms with Gasteiger partial charge in [-0.25, -0.2) is 0 Å². The highest BCUT2D eigenvalue weighted by Gasteiger charge is 2.15. The average molecular weight is 336 g/mol. The zero-order valence-corrected chi connectivity index (χ0v) is 12.1. The normalized spacial score (nSPS) is 12.3. The highest BCUT2D eigenvalue weighted by atomic mass is 79.9. The monoisotopic (exact) mass is 335 g/mol. The molecule has 0 aromatic heterocycles. The number of hydrogen-bond donors (Lipinski definition) is 1. The minimum Gasteiger partial charge on any atom is -0.434 e. The van der Waals surface area contributed by atoms with Crippen molar-refractivity contribution in [3.63, 3.8) is 0 Å². The number of rotatable bonds is 7. The van der Waals surface area contributed by atoms with Crippen LogP contribution in [0.4, 0.5) is 8.78 Å². The van der Waals surface area contributed by atoms with Crippen molar-refractivity contribution in [2.24, 2.45) is 5.92 Å². The summed E-state index contributed by atoms with van der Waals surface area (Å²) in [6.45, 7) is -0.447. The first-order chi connectivity index (χ1) is 9.04. The van der Waals surface area contributed by atoms with Crippen LogP contribution < -0.4 is 10.1 Å². The van der Waals surface area contributed by atoms with Gasteiger partial charge in [-0.2, -0.15) is 8.78 Å². The second-order valence-electron chi connectivity index (χ2n) is 4.17. The fraction of sp³-hybridized carbons (Fsp3) is 0.462. The largest absolute Gasteiger partial charge is 0.434 e. The maximum absolute atomic E-state index is 12.2. The molecule has 1 aromatic carbocycles. The molecule has 0 aliphatic heterocycles. The number of hydrogen-bond acceptors (Lipinski definition) is 2. The van der Waals surface area contributed by atoms with Crippen molar-refractivity contribution in [3.05, 3.63) is 29.8 Å². The molecule has 0 radical (unpaired) electrons. The number of carbonyl (C=O) groups is 1. The van der Waals surface area contributed by atoms with Crippen LogP contribution in [0.3, 0.4) is 0 Å². The average Bonchev–Trinajstić information content (AvgIpc) is 2.36. The zero-order chi connectivity index (χ0) is 14.3. The number of amides is 1. The number of carbonyl (C=O) groups excluding carboxylic acids is 1. The quantitative estimate of drug-likeness (QED) is 0.775. The minimum absolute atomic E-state index is 0.108. The van der Waals surface area contributed by atoms with Gasteiger partial charge < -0.3 is 10.1 Å². The second kappa shape index (κ2) is 8.09. The van der Waals surface area contributed by atoms with E-state index in [0.29, 0.717) is 12.5 Å². The Morgan fingerprint density at radius 1 is 1.42 bits per heavy atom. The fourth-order valence-corrected chi connectivity index (χ4v) is 2.29. The topological polar surface area (TPSA) is 38.3 Å². The summed E-state index contributed by atoms with van der Waals surface area (Å²) in [5.41, 5.74) is 0.119. The number of para-hydroxylation sites is 1. The molecule has 0 saturated heterocycles. The van der Waals surface area contributed by atoms with E-state index in [1.165, 1.54) is 12.1 Å². The van der Waals surface area contributed by atoms with E-state index in [0.717, 1.165) is 11.8 Å². The van der Waals surface area contributed by atoms with E-state index >= 15 is 0 Å². The third-order valence-electron chi connectivity index (χ3n) is 2.56. The van der Waals surface area contributed by atoms with Crippen LogP contribution in [0.5, 0.6) is 5.75 Å². The van der Waals surface area contributed by atoms with E-state index in [9.17, 15) is 13.6 Å². The Balaban J connectivity index is 2.66. The van der Waals surface area contributed by atoms with Crippen LogP contribution in [0.1, 0.15) is 23.7 Å². The van der Waals surface area contributed by atoms with Crippen molar-refractivity contribution >= 4 is 21.8 Å². The van der Waals surface area contributed by atoms with Gasteiger partial charge in [0.2, 0.25) is 0 Å². The Kier molecular flexibility index (Phi) is 6.77. The van der Waals surface area contributed by atoms with Crippen molar-refractivity contribution < 1.29 is 18.3 Å². The highest BCUT2D eigenvalue weighted by molar-refractivity contribution is 9.09. The van der Waals surface area contributed by atoms with Crippen molar-refractivity contribution in [2.75, 3.05) is 11.9 Å². The van der Waals surface area contributed by atoms with Gasteiger partial charge in [-0.15, -0.1) is 0 Å². The van der Waals surface area contributed by atoms with E-state index < -0.39 is 12.5 Å². The molecule has 1 rings (SSSR count). The van der Waals surface area contributed by atoms with E-state index in [2.05, 4.69) is 26.0 Å². The zero-order valence-electron chi connectivity index (χ0n) is 10.5. The van der Waals surface area contributed by atoms with Crippen LogP contribution in [0, 0.1) is 5.92 Å². The van der Waals surface area contributed by atoms with E-state index in [1.54, 1.807) is 12.1 Å². The van der Waals surface area contributed by atoms with Crippen LogP contribution in [-0.4, -0.2) is 24.4 Å². The lowest BCUT2D eigenvalue weighted by atomic mass is 10.1. The summed E-state index contributed by atoms with van der Waals surface area (Å²) >= 11 is 3.32. The highest BCUT2D eigenvalue weighted by Crippen LogP contribution is 2.20. The summed E-state index contributed by atoms with van der Waals surface area (Å²) in [6.07, 6.45) is 0.926. The molecule has 106 valence electrons. The molecule has 0 spiro atoms. The smallest absolute Gasteiger partial charge is 0.387 e. The minimum atomic E-state index is -2.94. The maximum atomic E-state index is 12.2. The Labute approximate surface area is 119 Å². The summed E-state index contributed by atoms with van der Waals surface area (Å²) in [4.78, 5) is 11.9. The summed E-state index contributed by atoms with van der Waals surface area (Å²) < 4.78 is 28.8. The van der Waals surface area contributed by atoms with Gasteiger partial charge in [0, 0.05) is 11.9 Å². The van der Waals surface area contributed by atoms with Crippen LogP contribution >= 0.6 is 15.9 Å². The third-order valence-corrected chi connectivity index (χ3v) is 3.02. The Morgan fingerprint density at radius 3 is 2.74 bits per heavy atom. The van der Waals surface area contributed by atoms with Gasteiger partial charge in [-0.3, -0.25) is 4.79 Å². The van der Waals surface area contributed by atoms with Gasteiger partial charge in [0.05, 0.1) is 5.56 Å². The van der Waals surface area contributed by atoms with Crippen molar-refractivity contribution in [1.29, 1.82) is 0 Å². The lowest BCUT2D eigenvalue weighted by Crippen LogP contribution is -2.29. The molecule has 1 unspecified atom stereocenters. The molecule has 6 heteroatoms. The lowest BCUT2D eigenvalue weighted by Gasteiger charge is -2.13. The first kappa shape index (κ1) is 15.9. The number of halogens is 3. The Hall–Kier alpha value is -1.17. The van der Waals surface area contributed by atoms with Crippen molar-refractivity contribution in [2.45, 2.75) is 20.0 Å². The van der Waals surface area contributed by atoms with Gasteiger partial charge in [0.25, 0.3) is 5.91 Å². The molecule has 0 heterocycles. The molecule has 0 saturated carbocycles. The molecule has 19 heavy (non-hydrogen) atoms. The van der Waals surface area contributed by atoms with Gasteiger partial charge >= 0.3 is 6.61 Å². The fourth-order valence-electron chi connectivity index (χ4n) is 1.50. The van der Waals surface area contributed by atoms with Crippen molar-refractivity contribution in [3.8, 4) is 5.75 Å². The molecule has 0 aliphatic carbocycles. The van der Waals surface area contributed by atoms with Crippen LogP contribution in [-0.2, 0) is 0 Å². The number of alkyl halides is 3. The van der Waals surface area contributed by atoms with Crippen LogP contribution in [0.15, 0.2) is 24.3 Å². The molecule has 1 N–H and O–H groups in total. The van der Waals surface area contributed by atoms with Gasteiger partial charge in [0.1, 0.15) is 5.75 Å². The number of nitrogens with one attached hydrogen (secondary N) is 1. The standard InChI is InChI=1S/C13H16BrF2NO2/c1-9(6-7-14)8-17-12(18)10-4-2-3-5-11(10)19-13(15)16/h2-5,9,13H,6-8H2,1H3,(H,17,18). The summed E-state index contributed by atoms with van der Waals surface area (Å²) in [7, 11) is 0. The molecule has 0 aliphatic rings. The van der Waals surface area contributed by atoms with Gasteiger partial charge in [0.15, 0.2) is 0 Å². The van der Waals surface area contributed by atoms with E-state index in [1.807, 2.05) is 6.92 Å². The summed E-state index contributed by atoms with van der Waals surface area (Å²) in [5.74, 6) is -0.202. The molecule has 1 amide bonds. The first-order valence-corrected chi connectivity index (χ1v) is 7.04. The Bertz CT molecular complexity index is 415. The predicted octanol–water partition coefficient (Wildman–Crippen LogP) is 3.44. The van der Waals surface area contributed by atoms with Gasteiger partial charge in [-0.1, -0.05) is 35.0 Å². The number of benzene rings is 1. The maximum Gasteiger partial charge on any atom is 0.387 e. The van der Waals surface area contributed by atoms with E-state index in [-0.39, 0.29) is 11.3 Å². The SMILES string of the molecule is CC(CCBr)CNC(=O)c1ccccc1OC(F)F. The van der Waals surface area contributed by atoms with Gasteiger partial charge in [-0.05, 0) is 24.5 Å². The molecule has 1 aromatic rings. The predicted molar refractivity (Wildman–Crippen MR) is 73.0 cm³/mol. The first-order valence-electron chi connectivity index (χ1n) is 5.92. The van der Waals surface area contributed by atoms with E-state index in [4.69, 9.17) is 0 Å². The van der Waals surface area contributed by atoms with Crippen LogP contribution in [0.25, 0.3) is 0 Å². The summed E-state index contributed by atoms with van der Waals surface area (Å²) in [5, 5.41) is 3.57. The molecule has 0 bridgehead atoms. The third kappa shape index (κ3) is 5.55. The van der Waals surface area contributed by atoms with Crippen molar-refractivity contribution in [1.82, 2.24) is 5.32 Å². The second-order valence-corrected chi connectivity index (χ2v) is 4.96. The molecular weight excluding hydrogens is 320 g/mol. The molecule has 3 nitrogen and oxygen atoms in total. The molecule has 1 atom stereocenters. The molecule has 0 fully saturated rings. The lowest BCUT2D eigenvalue weighted by molar-refractivity contribution is -0.0501. The summed E-state index contributed by atoms with van der Waals surface area (Å²) in [6, 6.07) is 5.96. The number of ether oxygens (including phenoxy) is 1. The Morgan fingerprint density at radius 2 is 2.11 bits per heavy atom. The van der Waals surface area contributed by atoms with Crippen LogP contribution in [0.2, 0.25) is 0 Å².